The van der Waals surface area contributed by atoms with E-state index in [1.165, 1.54) is 13.3 Å². The van der Waals surface area contributed by atoms with E-state index in [-0.39, 0.29) is 23.0 Å². The van der Waals surface area contributed by atoms with Gasteiger partial charge in [-0.3, -0.25) is 0 Å². The first-order valence-electron chi connectivity index (χ1n) is 5.21. The molecule has 3 N–H and O–H groups in total. The fourth-order valence-corrected chi connectivity index (χ4v) is 2.73. The SMILES string of the molecule is CC(=O)CCc1c(C(=O)O)sc2ncnc([OH2+])c12. The molecular formula is C11H11N2O4S+. The Morgan fingerprint density at radius 1 is 1.44 bits per heavy atom. The Bertz CT molecular complexity index is 635. The molecule has 0 fully saturated rings. The van der Waals surface area contributed by atoms with E-state index in [1.807, 2.05) is 0 Å². The lowest BCUT2D eigenvalue weighted by Gasteiger charge is -1.99. The second-order valence-electron chi connectivity index (χ2n) is 3.82. The first-order valence-corrected chi connectivity index (χ1v) is 6.03. The molecule has 0 atom stereocenters. The highest BCUT2D eigenvalue weighted by Gasteiger charge is 2.23. The minimum absolute atomic E-state index is 0.00213. The Balaban J connectivity index is 2.61. The van der Waals surface area contributed by atoms with Crippen molar-refractivity contribution in [2.75, 3.05) is 0 Å². The van der Waals surface area contributed by atoms with Gasteiger partial charge >= 0.3 is 11.8 Å². The lowest BCUT2D eigenvalue weighted by atomic mass is 10.1. The highest BCUT2D eigenvalue weighted by atomic mass is 32.1. The van der Waals surface area contributed by atoms with Crippen molar-refractivity contribution in [1.29, 1.82) is 0 Å². The molecule has 0 bridgehead atoms. The Labute approximate surface area is 106 Å². The number of hydrogen-bond donors (Lipinski definition) is 1. The van der Waals surface area contributed by atoms with Crippen molar-refractivity contribution in [3.05, 3.63) is 16.8 Å². The van der Waals surface area contributed by atoms with Crippen molar-refractivity contribution in [2.45, 2.75) is 19.8 Å². The van der Waals surface area contributed by atoms with Gasteiger partial charge in [0.15, 0.2) is 0 Å². The van der Waals surface area contributed by atoms with Crippen LogP contribution >= 0.6 is 11.3 Å². The Hall–Kier alpha value is -2.02. The van der Waals surface area contributed by atoms with E-state index in [1.54, 1.807) is 0 Å². The Morgan fingerprint density at radius 3 is 2.78 bits per heavy atom. The molecule has 0 aliphatic heterocycles. The van der Waals surface area contributed by atoms with Gasteiger partial charge in [-0.2, -0.15) is 4.98 Å². The van der Waals surface area contributed by atoms with Crippen molar-refractivity contribution < 1.29 is 19.8 Å². The van der Waals surface area contributed by atoms with Crippen LogP contribution in [0, 0.1) is 0 Å². The average molecular weight is 267 g/mol. The first-order chi connectivity index (χ1) is 8.50. The van der Waals surface area contributed by atoms with Gasteiger partial charge in [-0.25, -0.2) is 9.78 Å². The summed E-state index contributed by atoms with van der Waals surface area (Å²) in [6.07, 6.45) is 1.79. The number of thiophene rings is 1. The molecule has 2 rings (SSSR count). The van der Waals surface area contributed by atoms with Gasteiger partial charge in [0.1, 0.15) is 27.2 Å². The van der Waals surface area contributed by atoms with Gasteiger partial charge in [0.25, 0.3) is 0 Å². The van der Waals surface area contributed by atoms with Crippen molar-refractivity contribution in [1.82, 2.24) is 9.97 Å². The zero-order valence-electron chi connectivity index (χ0n) is 9.56. The topological polar surface area (TPSA) is 103 Å². The number of carboxylic acids is 1. The molecule has 6 nitrogen and oxygen atoms in total. The second-order valence-corrected chi connectivity index (χ2v) is 4.82. The van der Waals surface area contributed by atoms with E-state index in [0.29, 0.717) is 22.2 Å². The third-order valence-corrected chi connectivity index (χ3v) is 3.64. The number of carbonyl (C=O) groups excluding carboxylic acids is 1. The molecule has 0 saturated heterocycles. The van der Waals surface area contributed by atoms with Crippen LogP contribution in [-0.4, -0.2) is 31.9 Å². The predicted molar refractivity (Wildman–Crippen MR) is 66.4 cm³/mol. The maximum atomic E-state index is 11.2. The normalized spacial score (nSPS) is 10.7. The smallest absolute Gasteiger partial charge is 0.369 e. The number of ketones is 1. The molecule has 2 aromatic heterocycles. The number of carbonyl (C=O) groups is 2. The van der Waals surface area contributed by atoms with Gasteiger partial charge in [0, 0.05) is 6.42 Å². The van der Waals surface area contributed by atoms with E-state index < -0.39 is 5.97 Å². The summed E-state index contributed by atoms with van der Waals surface area (Å²) in [6.45, 7) is 1.45. The van der Waals surface area contributed by atoms with Gasteiger partial charge in [-0.1, -0.05) is 0 Å². The van der Waals surface area contributed by atoms with Crippen LogP contribution in [0.5, 0.6) is 5.88 Å². The number of carboxylic acid groups (broad SMARTS) is 1. The molecule has 0 radical (unpaired) electrons. The summed E-state index contributed by atoms with van der Waals surface area (Å²) in [4.78, 5) is 30.5. The summed E-state index contributed by atoms with van der Waals surface area (Å²) in [5.41, 5.74) is 0.489. The molecular weight excluding hydrogens is 256 g/mol. The van der Waals surface area contributed by atoms with Crippen LogP contribution in [0.4, 0.5) is 0 Å². The molecule has 94 valence electrons. The standard InChI is InChI=1S/C11H10N2O4S/c1-5(14)2-3-6-7-9(15)12-4-13-10(7)18-8(6)11(16)17/h4H,2-3H2,1H3,(H,16,17)(H,12,13,15)/p+1. The van der Waals surface area contributed by atoms with Crippen LogP contribution in [0.1, 0.15) is 28.6 Å². The Kier molecular flexibility index (Phi) is 3.24. The summed E-state index contributed by atoms with van der Waals surface area (Å²) >= 11 is 1.02. The van der Waals surface area contributed by atoms with Crippen molar-refractivity contribution >= 4 is 33.3 Å². The minimum atomic E-state index is -1.06. The van der Waals surface area contributed by atoms with Crippen molar-refractivity contribution in [2.24, 2.45) is 0 Å². The van der Waals surface area contributed by atoms with Crippen LogP contribution in [0.2, 0.25) is 0 Å². The summed E-state index contributed by atoms with van der Waals surface area (Å²) in [6, 6.07) is 0. The molecule has 0 aliphatic carbocycles. The summed E-state index contributed by atoms with van der Waals surface area (Å²) < 4.78 is 0. The van der Waals surface area contributed by atoms with E-state index in [2.05, 4.69) is 9.97 Å². The molecule has 0 amide bonds. The van der Waals surface area contributed by atoms with Crippen molar-refractivity contribution in [3.63, 3.8) is 0 Å². The average Bonchev–Trinajstić information content (AvgIpc) is 2.66. The molecule has 7 heteroatoms. The molecule has 0 aromatic carbocycles. The maximum Gasteiger partial charge on any atom is 0.369 e. The molecule has 0 unspecified atom stereocenters. The van der Waals surface area contributed by atoms with Gasteiger partial charge in [0.2, 0.25) is 0 Å². The number of hydrogen-bond acceptors (Lipinski definition) is 5. The van der Waals surface area contributed by atoms with Crippen LogP contribution in [0.15, 0.2) is 6.33 Å². The molecule has 0 spiro atoms. The third-order valence-electron chi connectivity index (χ3n) is 2.51. The minimum Gasteiger partial charge on any atom is -0.578 e. The van der Waals surface area contributed by atoms with E-state index >= 15 is 0 Å². The van der Waals surface area contributed by atoms with Gasteiger partial charge in [-0.05, 0) is 18.9 Å². The molecule has 18 heavy (non-hydrogen) atoms. The number of nitrogens with zero attached hydrogens (tertiary/aromatic N) is 2. The molecule has 0 saturated carbocycles. The third kappa shape index (κ3) is 2.17. The lowest BCUT2D eigenvalue weighted by Crippen LogP contribution is -2.01. The summed E-state index contributed by atoms with van der Waals surface area (Å²) in [5.74, 6) is -1.08. The number of Topliss-reactive ketones (excluding diaryl/α,β-unsaturated/α-hetero) is 1. The highest BCUT2D eigenvalue weighted by molar-refractivity contribution is 7.20. The van der Waals surface area contributed by atoms with E-state index in [4.69, 9.17) is 10.2 Å². The lowest BCUT2D eigenvalue weighted by molar-refractivity contribution is -0.116. The van der Waals surface area contributed by atoms with E-state index in [0.717, 1.165) is 11.3 Å². The van der Waals surface area contributed by atoms with Gasteiger partial charge < -0.3 is 15.0 Å². The fraction of sp³-hybridized carbons (Fsp3) is 0.273. The largest absolute Gasteiger partial charge is 0.578 e. The van der Waals surface area contributed by atoms with Crippen molar-refractivity contribution in [3.8, 4) is 5.88 Å². The summed E-state index contributed by atoms with van der Waals surface area (Å²) in [7, 11) is 0. The number of fused-ring (bicyclic) bond motifs is 1. The number of rotatable bonds is 4. The second kappa shape index (κ2) is 4.69. The predicted octanol–water partition coefficient (Wildman–Crippen LogP) is 1.35. The monoisotopic (exact) mass is 267 g/mol. The quantitative estimate of drug-likeness (QED) is 0.842. The maximum absolute atomic E-state index is 11.2. The number of aromatic nitrogens is 2. The molecule has 0 aliphatic rings. The van der Waals surface area contributed by atoms with Gasteiger partial charge in [0.05, 0.1) is 0 Å². The van der Waals surface area contributed by atoms with E-state index in [9.17, 15) is 9.59 Å². The number of aryl methyl sites for hydroxylation is 1. The van der Waals surface area contributed by atoms with Crippen LogP contribution in [0.3, 0.4) is 0 Å². The van der Waals surface area contributed by atoms with Crippen LogP contribution < -0.4 is 0 Å². The van der Waals surface area contributed by atoms with Crippen LogP contribution in [-0.2, 0) is 11.2 Å². The Morgan fingerprint density at radius 2 is 2.17 bits per heavy atom. The van der Waals surface area contributed by atoms with Crippen LogP contribution in [0.25, 0.3) is 10.2 Å². The summed E-state index contributed by atoms with van der Waals surface area (Å²) in [5, 5.41) is 17.3. The zero-order chi connectivity index (χ0) is 13.3. The molecule has 2 heterocycles. The highest BCUT2D eigenvalue weighted by Crippen LogP contribution is 2.35. The zero-order valence-corrected chi connectivity index (χ0v) is 10.4. The first kappa shape index (κ1) is 12.4. The van der Waals surface area contributed by atoms with Gasteiger partial charge in [-0.15, -0.1) is 11.3 Å². The number of aromatic carboxylic acids is 1. The molecule has 2 aromatic rings. The fourth-order valence-electron chi connectivity index (χ4n) is 1.70.